The number of alkyl halides is 3. The lowest BCUT2D eigenvalue weighted by molar-refractivity contribution is -0.142. The van der Waals surface area contributed by atoms with E-state index in [-0.39, 0.29) is 41.3 Å². The number of likely N-dealkylation sites (tertiary alicyclic amines) is 2. The van der Waals surface area contributed by atoms with Gasteiger partial charge in [0.25, 0.3) is 5.91 Å². The van der Waals surface area contributed by atoms with Crippen LogP contribution in [-0.2, 0) is 22.1 Å². The predicted molar refractivity (Wildman–Crippen MR) is 174 cm³/mol. The van der Waals surface area contributed by atoms with Crippen LogP contribution in [-0.4, -0.2) is 101 Å². The number of carbonyl (C=O) groups excluding carboxylic acids is 2. The second-order valence-electron chi connectivity index (χ2n) is 12.5. The fourth-order valence-corrected chi connectivity index (χ4v) is 7.57. The molecule has 0 spiro atoms. The number of anilines is 1. The molecule has 0 aliphatic carbocycles. The highest BCUT2D eigenvalue weighted by Crippen LogP contribution is 2.38. The minimum Gasteiger partial charge on any atom is -0.436 e. The largest absolute Gasteiger partial charge is 0.436 e. The summed E-state index contributed by atoms with van der Waals surface area (Å²) in [7, 11) is 0. The Balaban J connectivity index is 1.16. The second kappa shape index (κ2) is 13.9. The zero-order valence-corrected chi connectivity index (χ0v) is 27.5. The standard InChI is InChI=1S/C32H39BrF3N7O4/c33-24-18-20(17-23(28(24)37)32(34,35)36)19-27(29(44)41-11-5-21(6-12-41)40-15-9-38-10-16-40)47-31(46)42-13-7-22(8-14-42)43-26-4-2-1-3-25(26)39-30(43)45/h1-4,17-18,21-22,27,38H,5-16,19,37H2,(H,39,45)/t27-/m1/s1. The number of imidazole rings is 1. The van der Waals surface area contributed by atoms with Crippen LogP contribution < -0.4 is 16.7 Å². The number of fused-ring (bicyclic) bond motifs is 1. The number of H-pyrrole nitrogens is 1. The minimum atomic E-state index is -4.71. The van der Waals surface area contributed by atoms with E-state index in [4.69, 9.17) is 10.5 Å². The molecular formula is C32H39BrF3N7O4. The molecule has 1 atom stereocenters. The van der Waals surface area contributed by atoms with Gasteiger partial charge in [0.1, 0.15) is 0 Å². The number of benzene rings is 2. The van der Waals surface area contributed by atoms with Crippen LogP contribution in [0.1, 0.15) is 42.9 Å². The summed E-state index contributed by atoms with van der Waals surface area (Å²) in [6.45, 7) is 5.23. The summed E-state index contributed by atoms with van der Waals surface area (Å²) in [5.41, 5.74) is 5.72. The van der Waals surface area contributed by atoms with Crippen LogP contribution in [0.15, 0.2) is 45.7 Å². The number of piperidine rings is 2. The number of halogens is 4. The van der Waals surface area contributed by atoms with Gasteiger partial charge in [-0.15, -0.1) is 0 Å². The molecular weight excluding hydrogens is 683 g/mol. The molecule has 2 amide bonds. The molecule has 3 fully saturated rings. The predicted octanol–water partition coefficient (Wildman–Crippen LogP) is 3.97. The molecule has 3 aliphatic rings. The number of carbonyl (C=O) groups is 2. The van der Waals surface area contributed by atoms with Gasteiger partial charge in [-0.3, -0.25) is 14.3 Å². The third-order valence-corrected chi connectivity index (χ3v) is 10.2. The normalized spacial score (nSPS) is 19.7. The van der Waals surface area contributed by atoms with Crippen molar-refractivity contribution in [1.82, 2.24) is 29.6 Å². The number of hydrogen-bond acceptors (Lipinski definition) is 7. The summed E-state index contributed by atoms with van der Waals surface area (Å²) in [4.78, 5) is 48.6. The van der Waals surface area contributed by atoms with Crippen molar-refractivity contribution >= 4 is 44.7 Å². The molecule has 2 aromatic carbocycles. The van der Waals surface area contributed by atoms with Crippen molar-refractivity contribution in [1.29, 1.82) is 0 Å². The molecule has 4 heterocycles. The fraction of sp³-hybridized carbons (Fsp3) is 0.531. The van der Waals surface area contributed by atoms with Gasteiger partial charge in [-0.2, -0.15) is 13.2 Å². The SMILES string of the molecule is Nc1c(Br)cc(C[C@@H](OC(=O)N2CCC(n3c(=O)[nH]c4ccccc43)CC2)C(=O)N2CCC(N3CCNCC3)CC2)cc1C(F)(F)F. The van der Waals surface area contributed by atoms with Crippen LogP contribution in [0.5, 0.6) is 0 Å². The molecule has 15 heteroatoms. The molecule has 1 aromatic heterocycles. The van der Waals surface area contributed by atoms with E-state index in [1.165, 1.54) is 11.0 Å². The van der Waals surface area contributed by atoms with Gasteiger partial charge in [0, 0.05) is 75.3 Å². The monoisotopic (exact) mass is 721 g/mol. The van der Waals surface area contributed by atoms with Crippen molar-refractivity contribution in [3.8, 4) is 0 Å². The van der Waals surface area contributed by atoms with E-state index in [9.17, 15) is 27.6 Å². The number of piperazine rings is 1. The quantitative estimate of drug-likeness (QED) is 0.329. The smallest absolute Gasteiger partial charge is 0.418 e. The topological polar surface area (TPSA) is 129 Å². The molecule has 4 N–H and O–H groups in total. The van der Waals surface area contributed by atoms with Crippen molar-refractivity contribution < 1.29 is 27.5 Å². The Hall–Kier alpha value is -3.56. The highest BCUT2D eigenvalue weighted by molar-refractivity contribution is 9.10. The summed E-state index contributed by atoms with van der Waals surface area (Å²) in [5, 5.41) is 3.35. The molecule has 11 nitrogen and oxygen atoms in total. The second-order valence-corrected chi connectivity index (χ2v) is 13.3. The third-order valence-electron chi connectivity index (χ3n) is 9.59. The van der Waals surface area contributed by atoms with E-state index >= 15 is 0 Å². The molecule has 3 aliphatic heterocycles. The Morgan fingerprint density at radius 2 is 1.60 bits per heavy atom. The van der Waals surface area contributed by atoms with Gasteiger partial charge < -0.3 is 30.6 Å². The van der Waals surface area contributed by atoms with Gasteiger partial charge >= 0.3 is 18.0 Å². The molecule has 0 saturated carbocycles. The number of nitrogens with one attached hydrogen (secondary N) is 2. The Morgan fingerprint density at radius 3 is 2.28 bits per heavy atom. The van der Waals surface area contributed by atoms with Gasteiger partial charge in [0.2, 0.25) is 0 Å². The van der Waals surface area contributed by atoms with E-state index in [0.717, 1.165) is 56.1 Å². The lowest BCUT2D eigenvalue weighted by Gasteiger charge is -2.41. The molecule has 3 aromatic rings. The zero-order valence-electron chi connectivity index (χ0n) is 25.9. The maximum Gasteiger partial charge on any atom is 0.418 e. The molecule has 0 radical (unpaired) electrons. The maximum absolute atomic E-state index is 13.9. The minimum absolute atomic E-state index is 0.0475. The van der Waals surface area contributed by atoms with E-state index in [1.807, 2.05) is 24.3 Å². The Morgan fingerprint density at radius 1 is 0.957 bits per heavy atom. The van der Waals surface area contributed by atoms with Crippen LogP contribution in [0.4, 0.5) is 23.7 Å². The lowest BCUT2D eigenvalue weighted by Crippen LogP contribution is -2.54. The first-order valence-electron chi connectivity index (χ1n) is 16.0. The van der Waals surface area contributed by atoms with Gasteiger partial charge in [-0.1, -0.05) is 12.1 Å². The summed E-state index contributed by atoms with van der Waals surface area (Å²) in [5.74, 6) is -0.432. The summed E-state index contributed by atoms with van der Waals surface area (Å²) in [6, 6.07) is 9.97. The van der Waals surface area contributed by atoms with Crippen LogP contribution in [0.3, 0.4) is 0 Å². The maximum atomic E-state index is 13.9. The highest BCUT2D eigenvalue weighted by Gasteiger charge is 2.37. The van der Waals surface area contributed by atoms with E-state index < -0.39 is 35.5 Å². The van der Waals surface area contributed by atoms with Gasteiger partial charge in [0.05, 0.1) is 22.3 Å². The fourth-order valence-electron chi connectivity index (χ4n) is 7.06. The van der Waals surface area contributed by atoms with Gasteiger partial charge in [0.15, 0.2) is 6.10 Å². The third kappa shape index (κ3) is 7.31. The first-order chi connectivity index (χ1) is 22.5. The Labute approximate surface area is 278 Å². The number of amides is 2. The van der Waals surface area contributed by atoms with Crippen LogP contribution >= 0.6 is 15.9 Å². The lowest BCUT2D eigenvalue weighted by atomic mass is 9.99. The Bertz CT molecular complexity index is 1660. The van der Waals surface area contributed by atoms with E-state index in [1.54, 1.807) is 9.47 Å². The van der Waals surface area contributed by atoms with E-state index in [2.05, 4.69) is 31.1 Å². The van der Waals surface area contributed by atoms with Crippen LogP contribution in [0.25, 0.3) is 11.0 Å². The van der Waals surface area contributed by atoms with Gasteiger partial charge in [-0.05, 0) is 71.4 Å². The first-order valence-corrected chi connectivity index (χ1v) is 16.8. The van der Waals surface area contributed by atoms with Crippen LogP contribution in [0, 0.1) is 0 Å². The molecule has 3 saturated heterocycles. The number of para-hydroxylation sites is 2. The van der Waals surface area contributed by atoms with Crippen molar-refractivity contribution in [2.24, 2.45) is 0 Å². The number of rotatable bonds is 6. The zero-order chi connectivity index (χ0) is 33.3. The Kier molecular flexibility index (Phi) is 9.85. The molecule has 254 valence electrons. The number of aromatic amines is 1. The summed E-state index contributed by atoms with van der Waals surface area (Å²) < 4.78 is 49.0. The first kappa shape index (κ1) is 33.3. The summed E-state index contributed by atoms with van der Waals surface area (Å²) in [6.07, 6.45) is -4.48. The summed E-state index contributed by atoms with van der Waals surface area (Å²) >= 11 is 3.12. The number of ether oxygens (including phenoxy) is 1. The van der Waals surface area contributed by atoms with Crippen LogP contribution in [0.2, 0.25) is 0 Å². The average Bonchev–Trinajstić information content (AvgIpc) is 3.41. The van der Waals surface area contributed by atoms with Crippen molar-refractivity contribution in [2.45, 2.75) is 56.5 Å². The molecule has 6 rings (SSSR count). The number of nitrogen functional groups attached to an aromatic ring is 1. The molecule has 0 bridgehead atoms. The van der Waals surface area contributed by atoms with Crippen molar-refractivity contribution in [2.75, 3.05) is 58.1 Å². The van der Waals surface area contributed by atoms with Crippen molar-refractivity contribution in [3.63, 3.8) is 0 Å². The van der Waals surface area contributed by atoms with Gasteiger partial charge in [-0.25, -0.2) is 9.59 Å². The molecule has 0 unspecified atom stereocenters. The highest BCUT2D eigenvalue weighted by atomic mass is 79.9. The van der Waals surface area contributed by atoms with Crippen molar-refractivity contribution in [3.05, 3.63) is 62.5 Å². The number of nitrogens with zero attached hydrogens (tertiary/aromatic N) is 4. The molecule has 47 heavy (non-hydrogen) atoms. The number of aromatic nitrogens is 2. The van der Waals surface area contributed by atoms with E-state index in [0.29, 0.717) is 32.0 Å². The average molecular weight is 723 g/mol. The number of hydrogen-bond donors (Lipinski definition) is 3. The number of nitrogens with two attached hydrogens (primary N) is 1.